The fourth-order valence-electron chi connectivity index (χ4n) is 3.06. The monoisotopic (exact) mass is 295 g/mol. The molecule has 0 aromatic heterocycles. The molecule has 0 aromatic carbocycles. The summed E-state index contributed by atoms with van der Waals surface area (Å²) in [5, 5.41) is 0. The van der Waals surface area contributed by atoms with Crippen LogP contribution in [-0.4, -0.2) is 34.5 Å². The van der Waals surface area contributed by atoms with Crippen LogP contribution in [0.4, 0.5) is 4.79 Å². The van der Waals surface area contributed by atoms with Crippen LogP contribution in [0.15, 0.2) is 0 Å². The maximum absolute atomic E-state index is 12.5. The van der Waals surface area contributed by atoms with Crippen LogP contribution in [-0.2, 0) is 9.53 Å². The number of carbonyl (C=O) groups is 2. The third-order valence-electron chi connectivity index (χ3n) is 4.73. The van der Waals surface area contributed by atoms with Gasteiger partial charge in [-0.3, -0.25) is 4.79 Å². The van der Waals surface area contributed by atoms with Crippen molar-refractivity contribution < 1.29 is 14.3 Å². The highest BCUT2D eigenvalue weighted by Gasteiger charge is 2.46. The third kappa shape index (κ3) is 3.98. The van der Waals surface area contributed by atoms with E-state index in [4.69, 9.17) is 4.74 Å². The standard InChI is InChI=1S/C17H29NO3/c1-12-7-6-8-13(11-14(19)17(5)9-10-17)18(12)15(20)21-16(2,3)4/h12-13H,6-11H2,1-5H3. The molecule has 2 unspecified atom stereocenters. The van der Waals surface area contributed by atoms with Gasteiger partial charge < -0.3 is 9.64 Å². The van der Waals surface area contributed by atoms with Gasteiger partial charge in [0.15, 0.2) is 0 Å². The minimum absolute atomic E-state index is 0.00789. The van der Waals surface area contributed by atoms with Crippen LogP contribution >= 0.6 is 0 Å². The maximum Gasteiger partial charge on any atom is 0.410 e. The number of piperidine rings is 1. The van der Waals surface area contributed by atoms with Crippen LogP contribution in [0.2, 0.25) is 0 Å². The number of likely N-dealkylation sites (tertiary alicyclic amines) is 1. The van der Waals surface area contributed by atoms with Gasteiger partial charge in [-0.15, -0.1) is 0 Å². The van der Waals surface area contributed by atoms with E-state index < -0.39 is 5.60 Å². The third-order valence-corrected chi connectivity index (χ3v) is 4.73. The summed E-state index contributed by atoms with van der Waals surface area (Å²) < 4.78 is 5.54. The molecule has 1 saturated carbocycles. The van der Waals surface area contributed by atoms with E-state index in [-0.39, 0.29) is 23.6 Å². The lowest BCUT2D eigenvalue weighted by molar-refractivity contribution is -0.125. The van der Waals surface area contributed by atoms with Gasteiger partial charge in [-0.2, -0.15) is 0 Å². The summed E-state index contributed by atoms with van der Waals surface area (Å²) in [7, 11) is 0. The molecule has 0 radical (unpaired) electrons. The van der Waals surface area contributed by atoms with Crippen LogP contribution < -0.4 is 0 Å². The summed E-state index contributed by atoms with van der Waals surface area (Å²) in [6, 6.07) is 0.159. The fourth-order valence-corrected chi connectivity index (χ4v) is 3.06. The minimum atomic E-state index is -0.495. The highest BCUT2D eigenvalue weighted by atomic mass is 16.6. The van der Waals surface area contributed by atoms with Gasteiger partial charge in [0.1, 0.15) is 11.4 Å². The van der Waals surface area contributed by atoms with Crippen molar-refractivity contribution >= 4 is 11.9 Å². The zero-order valence-corrected chi connectivity index (χ0v) is 14.1. The second-order valence-corrected chi connectivity index (χ2v) is 8.01. The first-order valence-electron chi connectivity index (χ1n) is 8.17. The van der Waals surface area contributed by atoms with Gasteiger partial charge in [-0.25, -0.2) is 4.79 Å². The Labute approximate surface area is 128 Å². The lowest BCUT2D eigenvalue weighted by atomic mass is 9.89. The van der Waals surface area contributed by atoms with E-state index in [9.17, 15) is 9.59 Å². The molecule has 2 atom stereocenters. The molecule has 2 aliphatic rings. The zero-order valence-electron chi connectivity index (χ0n) is 14.1. The van der Waals surface area contributed by atoms with Crippen molar-refractivity contribution in [1.82, 2.24) is 4.90 Å². The number of Topliss-reactive ketones (excluding diaryl/α,β-unsaturated/α-hetero) is 1. The lowest BCUT2D eigenvalue weighted by Gasteiger charge is -2.41. The van der Waals surface area contributed by atoms with Crippen molar-refractivity contribution in [2.45, 2.75) is 90.8 Å². The van der Waals surface area contributed by atoms with Gasteiger partial charge in [0.2, 0.25) is 0 Å². The molecular formula is C17H29NO3. The Balaban J connectivity index is 2.06. The average molecular weight is 295 g/mol. The first kappa shape index (κ1) is 16.3. The van der Waals surface area contributed by atoms with Crippen LogP contribution in [0, 0.1) is 5.41 Å². The van der Waals surface area contributed by atoms with Crippen molar-refractivity contribution in [2.75, 3.05) is 0 Å². The lowest BCUT2D eigenvalue weighted by Crippen LogP contribution is -2.51. The van der Waals surface area contributed by atoms with E-state index in [1.165, 1.54) is 0 Å². The van der Waals surface area contributed by atoms with E-state index in [0.29, 0.717) is 12.2 Å². The molecule has 0 N–H and O–H groups in total. The predicted molar refractivity (Wildman–Crippen MR) is 82.1 cm³/mol. The van der Waals surface area contributed by atoms with Crippen LogP contribution in [0.25, 0.3) is 0 Å². The highest BCUT2D eigenvalue weighted by Crippen LogP contribution is 2.47. The predicted octanol–water partition coefficient (Wildman–Crippen LogP) is 3.92. The molecule has 0 bridgehead atoms. The number of rotatable bonds is 3. The Morgan fingerprint density at radius 3 is 2.38 bits per heavy atom. The van der Waals surface area contributed by atoms with E-state index in [0.717, 1.165) is 32.1 Å². The molecule has 2 rings (SSSR count). The van der Waals surface area contributed by atoms with Gasteiger partial charge in [-0.1, -0.05) is 6.92 Å². The van der Waals surface area contributed by atoms with Crippen molar-refractivity contribution in [1.29, 1.82) is 0 Å². The Hall–Kier alpha value is -1.06. The molecule has 120 valence electrons. The number of ketones is 1. The summed E-state index contributed by atoms with van der Waals surface area (Å²) >= 11 is 0. The summed E-state index contributed by atoms with van der Waals surface area (Å²) in [6.07, 6.45) is 5.19. The molecule has 0 aromatic rings. The second kappa shape index (κ2) is 5.62. The Bertz CT molecular complexity index is 420. The SMILES string of the molecule is CC1CCCC(CC(=O)C2(C)CC2)N1C(=O)OC(C)(C)C. The summed E-state index contributed by atoms with van der Waals surface area (Å²) in [5.41, 5.74) is -0.606. The van der Waals surface area contributed by atoms with Gasteiger partial charge in [0.05, 0.1) is 0 Å². The zero-order chi connectivity index (χ0) is 15.8. The van der Waals surface area contributed by atoms with Gasteiger partial charge in [0, 0.05) is 23.9 Å². The number of nitrogens with zero attached hydrogens (tertiary/aromatic N) is 1. The number of ether oxygens (including phenoxy) is 1. The second-order valence-electron chi connectivity index (χ2n) is 8.01. The van der Waals surface area contributed by atoms with Crippen LogP contribution in [0.1, 0.15) is 73.1 Å². The van der Waals surface area contributed by atoms with Crippen molar-refractivity contribution in [3.8, 4) is 0 Å². The van der Waals surface area contributed by atoms with Gasteiger partial charge in [-0.05, 0) is 59.8 Å². The molecule has 4 heteroatoms. The van der Waals surface area contributed by atoms with Crippen molar-refractivity contribution in [3.63, 3.8) is 0 Å². The molecule has 1 aliphatic heterocycles. The Morgan fingerprint density at radius 1 is 1.24 bits per heavy atom. The number of hydrogen-bond acceptors (Lipinski definition) is 3. The normalized spacial score (nSPS) is 28.1. The minimum Gasteiger partial charge on any atom is -0.444 e. The quantitative estimate of drug-likeness (QED) is 0.792. The molecule has 21 heavy (non-hydrogen) atoms. The smallest absolute Gasteiger partial charge is 0.410 e. The number of amides is 1. The van der Waals surface area contributed by atoms with Crippen LogP contribution in [0.3, 0.4) is 0 Å². The molecule has 1 saturated heterocycles. The first-order chi connectivity index (χ1) is 9.62. The molecule has 1 aliphatic carbocycles. The van der Waals surface area contributed by atoms with Crippen LogP contribution in [0.5, 0.6) is 0 Å². The van der Waals surface area contributed by atoms with E-state index >= 15 is 0 Å². The molecule has 2 fully saturated rings. The van der Waals surface area contributed by atoms with Gasteiger partial charge >= 0.3 is 6.09 Å². The fraction of sp³-hybridized carbons (Fsp3) is 0.882. The summed E-state index contributed by atoms with van der Waals surface area (Å²) in [6.45, 7) is 9.74. The Kier molecular flexibility index (Phi) is 4.36. The maximum atomic E-state index is 12.5. The molecule has 4 nitrogen and oxygen atoms in total. The first-order valence-corrected chi connectivity index (χ1v) is 8.17. The molecule has 1 heterocycles. The van der Waals surface area contributed by atoms with E-state index in [2.05, 4.69) is 6.92 Å². The topological polar surface area (TPSA) is 46.6 Å². The number of carbonyl (C=O) groups excluding carboxylic acids is 2. The van der Waals surface area contributed by atoms with Crippen molar-refractivity contribution in [2.24, 2.45) is 5.41 Å². The average Bonchev–Trinajstić information content (AvgIpc) is 3.06. The molecule has 0 spiro atoms. The molecular weight excluding hydrogens is 266 g/mol. The number of hydrogen-bond donors (Lipinski definition) is 0. The van der Waals surface area contributed by atoms with Gasteiger partial charge in [0.25, 0.3) is 0 Å². The highest BCUT2D eigenvalue weighted by molar-refractivity contribution is 5.87. The summed E-state index contributed by atoms with van der Waals surface area (Å²) in [4.78, 5) is 26.7. The summed E-state index contributed by atoms with van der Waals surface area (Å²) in [5.74, 6) is 0.315. The largest absolute Gasteiger partial charge is 0.444 e. The molecule has 1 amide bonds. The van der Waals surface area contributed by atoms with E-state index in [1.54, 1.807) is 0 Å². The van der Waals surface area contributed by atoms with E-state index in [1.807, 2.05) is 32.6 Å². The van der Waals surface area contributed by atoms with Crippen molar-refractivity contribution in [3.05, 3.63) is 0 Å². The Morgan fingerprint density at radius 2 is 1.86 bits per heavy atom.